The number of anilines is 1. The van der Waals surface area contributed by atoms with Gasteiger partial charge >= 0.3 is 0 Å². The van der Waals surface area contributed by atoms with Crippen LogP contribution in [-0.4, -0.2) is 11.5 Å². The number of halogens is 1. The van der Waals surface area contributed by atoms with Gasteiger partial charge in [0, 0.05) is 12.7 Å². The molecule has 1 atom stereocenters. The van der Waals surface area contributed by atoms with E-state index in [0.717, 1.165) is 16.8 Å². The van der Waals surface area contributed by atoms with Crippen LogP contribution < -0.4 is 4.90 Å². The summed E-state index contributed by atoms with van der Waals surface area (Å²) in [6.45, 7) is 3.15. The van der Waals surface area contributed by atoms with Crippen LogP contribution in [-0.2, 0) is 0 Å². The molecule has 0 amide bonds. The summed E-state index contributed by atoms with van der Waals surface area (Å²) in [6.07, 6.45) is 4.37. The number of hydrogen-bond donors (Lipinski definition) is 0. The fraction of sp³-hybridized carbons (Fsp3) is 0.312. The molecule has 1 fully saturated rings. The summed E-state index contributed by atoms with van der Waals surface area (Å²) >= 11 is 3.65. The quantitative estimate of drug-likeness (QED) is 0.811. The predicted octanol–water partition coefficient (Wildman–Crippen LogP) is 4.49. The Morgan fingerprint density at radius 2 is 2.05 bits per heavy atom. The van der Waals surface area contributed by atoms with Gasteiger partial charge in [-0.05, 0) is 52.9 Å². The van der Waals surface area contributed by atoms with Gasteiger partial charge in [-0.1, -0.05) is 30.3 Å². The van der Waals surface area contributed by atoms with Crippen molar-refractivity contribution in [1.29, 1.82) is 0 Å². The Bertz CT molecular complexity index is 568. The highest BCUT2D eigenvalue weighted by Crippen LogP contribution is 2.38. The van der Waals surface area contributed by atoms with Crippen molar-refractivity contribution in [2.24, 2.45) is 0 Å². The van der Waals surface area contributed by atoms with Crippen LogP contribution in [0, 0.1) is 6.92 Å². The zero-order valence-electron chi connectivity index (χ0n) is 11.0. The number of nitrogens with zero attached hydrogens (tertiary/aromatic N) is 2. The maximum Gasteiger partial charge on any atom is 0.143 e. The van der Waals surface area contributed by atoms with E-state index in [4.69, 9.17) is 0 Å². The molecule has 2 aromatic rings. The number of pyridine rings is 1. The van der Waals surface area contributed by atoms with Crippen LogP contribution in [0.1, 0.15) is 30.0 Å². The summed E-state index contributed by atoms with van der Waals surface area (Å²) in [4.78, 5) is 7.03. The molecular weight excluding hydrogens is 300 g/mol. The topological polar surface area (TPSA) is 16.1 Å². The van der Waals surface area contributed by atoms with Gasteiger partial charge < -0.3 is 4.90 Å². The van der Waals surface area contributed by atoms with E-state index in [1.165, 1.54) is 24.0 Å². The molecule has 1 aliphatic rings. The summed E-state index contributed by atoms with van der Waals surface area (Å²) in [6, 6.07) is 13.3. The van der Waals surface area contributed by atoms with Crippen molar-refractivity contribution in [3.63, 3.8) is 0 Å². The first kappa shape index (κ1) is 12.7. The first-order chi connectivity index (χ1) is 9.25. The Kier molecular flexibility index (Phi) is 3.56. The second kappa shape index (κ2) is 5.33. The summed E-state index contributed by atoms with van der Waals surface area (Å²) < 4.78 is 1.09. The predicted molar refractivity (Wildman–Crippen MR) is 82.4 cm³/mol. The molecule has 0 aliphatic carbocycles. The fourth-order valence-electron chi connectivity index (χ4n) is 2.78. The molecule has 1 unspecified atom stereocenters. The minimum Gasteiger partial charge on any atom is -0.349 e. The van der Waals surface area contributed by atoms with E-state index in [-0.39, 0.29) is 0 Å². The van der Waals surface area contributed by atoms with E-state index < -0.39 is 0 Å². The molecule has 0 saturated carbocycles. The number of benzene rings is 1. The first-order valence-corrected chi connectivity index (χ1v) is 7.49. The monoisotopic (exact) mass is 316 g/mol. The van der Waals surface area contributed by atoms with Crippen molar-refractivity contribution < 1.29 is 0 Å². The van der Waals surface area contributed by atoms with E-state index in [2.05, 4.69) is 69.1 Å². The van der Waals surface area contributed by atoms with Gasteiger partial charge in [0.15, 0.2) is 0 Å². The number of aryl methyl sites for hydroxylation is 1. The van der Waals surface area contributed by atoms with Crippen LogP contribution >= 0.6 is 15.9 Å². The van der Waals surface area contributed by atoms with Crippen LogP contribution in [0.15, 0.2) is 47.1 Å². The number of aromatic nitrogens is 1. The maximum atomic E-state index is 4.61. The molecule has 1 aromatic heterocycles. The molecule has 2 nitrogen and oxygen atoms in total. The molecule has 3 heteroatoms. The number of rotatable bonds is 2. The molecule has 0 N–H and O–H groups in total. The lowest BCUT2D eigenvalue weighted by atomic mass is 10.0. The molecule has 0 spiro atoms. The van der Waals surface area contributed by atoms with Gasteiger partial charge in [-0.3, -0.25) is 0 Å². The average Bonchev–Trinajstić information content (AvgIpc) is 2.89. The summed E-state index contributed by atoms with van der Waals surface area (Å²) in [7, 11) is 0. The molecule has 1 aliphatic heterocycles. The molecule has 1 aromatic carbocycles. The van der Waals surface area contributed by atoms with Crippen LogP contribution in [0.4, 0.5) is 5.82 Å². The van der Waals surface area contributed by atoms with Crippen molar-refractivity contribution in [1.82, 2.24) is 4.98 Å². The van der Waals surface area contributed by atoms with Crippen LogP contribution in [0.3, 0.4) is 0 Å². The van der Waals surface area contributed by atoms with Gasteiger partial charge in [-0.15, -0.1) is 0 Å². The summed E-state index contributed by atoms with van der Waals surface area (Å²) in [5.74, 6) is 1.07. The largest absolute Gasteiger partial charge is 0.349 e. The average molecular weight is 317 g/mol. The third kappa shape index (κ3) is 2.52. The molecule has 0 radical (unpaired) electrons. The van der Waals surface area contributed by atoms with Gasteiger partial charge in [-0.25, -0.2) is 4.98 Å². The number of hydrogen-bond acceptors (Lipinski definition) is 2. The van der Waals surface area contributed by atoms with E-state index >= 15 is 0 Å². The van der Waals surface area contributed by atoms with Crippen molar-refractivity contribution >= 4 is 21.7 Å². The lowest BCUT2D eigenvalue weighted by molar-refractivity contribution is 0.710. The summed E-state index contributed by atoms with van der Waals surface area (Å²) in [5, 5.41) is 0. The Morgan fingerprint density at radius 3 is 2.79 bits per heavy atom. The van der Waals surface area contributed by atoms with Gasteiger partial charge in [0.05, 0.1) is 10.5 Å². The van der Waals surface area contributed by atoms with Gasteiger partial charge in [-0.2, -0.15) is 0 Å². The molecule has 1 saturated heterocycles. The SMILES string of the molecule is Cc1cnc(N2CCCC2c2ccccc2)c(Br)c1. The third-order valence-corrected chi connectivity index (χ3v) is 4.25. The fourth-order valence-corrected chi connectivity index (χ4v) is 3.47. The Labute approximate surface area is 122 Å². The van der Waals surface area contributed by atoms with Crippen molar-refractivity contribution in [3.8, 4) is 0 Å². The van der Waals surface area contributed by atoms with Gasteiger partial charge in [0.25, 0.3) is 0 Å². The standard InChI is InChI=1S/C16H17BrN2/c1-12-10-14(17)16(18-11-12)19-9-5-8-15(19)13-6-3-2-4-7-13/h2-4,6-7,10-11,15H,5,8-9H2,1H3. The zero-order chi connectivity index (χ0) is 13.2. The maximum absolute atomic E-state index is 4.61. The third-order valence-electron chi connectivity index (χ3n) is 3.67. The van der Waals surface area contributed by atoms with E-state index in [0.29, 0.717) is 6.04 Å². The normalized spacial score (nSPS) is 18.8. The second-order valence-electron chi connectivity index (χ2n) is 5.08. The molecular formula is C16H17BrN2. The van der Waals surface area contributed by atoms with Crippen molar-refractivity contribution in [2.75, 3.05) is 11.4 Å². The van der Waals surface area contributed by atoms with Crippen LogP contribution in [0.25, 0.3) is 0 Å². The van der Waals surface area contributed by atoms with Crippen LogP contribution in [0.2, 0.25) is 0 Å². The highest BCUT2D eigenvalue weighted by Gasteiger charge is 2.28. The van der Waals surface area contributed by atoms with E-state index in [9.17, 15) is 0 Å². The minimum atomic E-state index is 0.452. The highest BCUT2D eigenvalue weighted by molar-refractivity contribution is 9.10. The molecule has 2 heterocycles. The molecule has 98 valence electrons. The van der Waals surface area contributed by atoms with Crippen molar-refractivity contribution in [2.45, 2.75) is 25.8 Å². The summed E-state index contributed by atoms with van der Waals surface area (Å²) in [5.41, 5.74) is 2.57. The zero-order valence-corrected chi connectivity index (χ0v) is 12.6. The highest BCUT2D eigenvalue weighted by atomic mass is 79.9. The van der Waals surface area contributed by atoms with Gasteiger partial charge in [0.2, 0.25) is 0 Å². The van der Waals surface area contributed by atoms with E-state index in [1.807, 2.05) is 6.20 Å². The van der Waals surface area contributed by atoms with Gasteiger partial charge in [0.1, 0.15) is 5.82 Å². The van der Waals surface area contributed by atoms with Crippen molar-refractivity contribution in [3.05, 3.63) is 58.2 Å². The van der Waals surface area contributed by atoms with E-state index in [1.54, 1.807) is 0 Å². The minimum absolute atomic E-state index is 0.452. The van der Waals surface area contributed by atoms with Crippen LogP contribution in [0.5, 0.6) is 0 Å². The lowest BCUT2D eigenvalue weighted by Gasteiger charge is -2.27. The Hall–Kier alpha value is -1.35. The lowest BCUT2D eigenvalue weighted by Crippen LogP contribution is -2.23. The Morgan fingerprint density at radius 1 is 1.26 bits per heavy atom. The molecule has 19 heavy (non-hydrogen) atoms. The molecule has 3 rings (SSSR count). The second-order valence-corrected chi connectivity index (χ2v) is 5.93. The Balaban J connectivity index is 1.95. The first-order valence-electron chi connectivity index (χ1n) is 6.69. The molecule has 0 bridgehead atoms. The smallest absolute Gasteiger partial charge is 0.143 e.